The minimum atomic E-state index is 0.732. The van der Waals surface area contributed by atoms with Crippen LogP contribution in [0.3, 0.4) is 0 Å². The molecule has 0 aromatic heterocycles. The Morgan fingerprint density at radius 2 is 2.00 bits per heavy atom. The van der Waals surface area contributed by atoms with Crippen molar-refractivity contribution in [3.05, 3.63) is 0 Å². The number of likely N-dealkylation sites (tertiary alicyclic amines) is 1. The third-order valence-electron chi connectivity index (χ3n) is 3.55. The van der Waals surface area contributed by atoms with Gasteiger partial charge in [0.1, 0.15) is 0 Å². The Kier molecular flexibility index (Phi) is 3.17. The first kappa shape index (κ1) is 9.81. The number of hydrogen-bond donors (Lipinski definition) is 1. The molecule has 2 fully saturated rings. The molecule has 2 aliphatic rings. The predicted molar refractivity (Wildman–Crippen MR) is 59.1 cm³/mol. The van der Waals surface area contributed by atoms with Crippen molar-refractivity contribution in [2.75, 3.05) is 37.7 Å². The fourth-order valence-corrected chi connectivity index (χ4v) is 4.07. The van der Waals surface area contributed by atoms with E-state index in [1.54, 1.807) is 0 Å². The van der Waals surface area contributed by atoms with Crippen LogP contribution in [0, 0.1) is 5.41 Å². The maximum Gasteiger partial charge on any atom is 0.0105 e. The van der Waals surface area contributed by atoms with E-state index in [0.29, 0.717) is 0 Å². The van der Waals surface area contributed by atoms with Crippen LogP contribution < -0.4 is 5.73 Å². The lowest BCUT2D eigenvalue weighted by Gasteiger charge is -2.38. The molecule has 13 heavy (non-hydrogen) atoms. The van der Waals surface area contributed by atoms with Gasteiger partial charge in [-0.1, -0.05) is 0 Å². The zero-order chi connectivity index (χ0) is 9.15. The molecule has 0 radical (unpaired) electrons. The lowest BCUT2D eigenvalue weighted by Crippen LogP contribution is -2.42. The third kappa shape index (κ3) is 2.20. The topological polar surface area (TPSA) is 29.3 Å². The van der Waals surface area contributed by atoms with Crippen molar-refractivity contribution in [3.8, 4) is 0 Å². The summed E-state index contributed by atoms with van der Waals surface area (Å²) in [6.45, 7) is 4.50. The molecule has 0 saturated carbocycles. The van der Waals surface area contributed by atoms with Crippen molar-refractivity contribution >= 4 is 11.8 Å². The molecule has 0 atom stereocenters. The van der Waals surface area contributed by atoms with Crippen LogP contribution in [-0.4, -0.2) is 42.6 Å². The second-order valence-corrected chi connectivity index (χ2v) is 5.54. The molecule has 2 N–H and O–H groups in total. The molecule has 0 amide bonds. The minimum Gasteiger partial charge on any atom is -0.329 e. The highest BCUT2D eigenvalue weighted by atomic mass is 32.2. The van der Waals surface area contributed by atoms with E-state index in [4.69, 9.17) is 5.73 Å². The van der Waals surface area contributed by atoms with Gasteiger partial charge in [0.2, 0.25) is 0 Å². The summed E-state index contributed by atoms with van der Waals surface area (Å²) in [5.41, 5.74) is 6.29. The van der Waals surface area contributed by atoms with Crippen molar-refractivity contribution in [3.63, 3.8) is 0 Å². The molecular formula is C10H20N2S. The van der Waals surface area contributed by atoms with Gasteiger partial charge in [0.15, 0.2) is 0 Å². The Morgan fingerprint density at radius 1 is 1.23 bits per heavy atom. The van der Waals surface area contributed by atoms with Crippen molar-refractivity contribution in [1.82, 2.24) is 4.90 Å². The molecule has 3 heteroatoms. The zero-order valence-electron chi connectivity index (χ0n) is 8.30. The molecule has 76 valence electrons. The van der Waals surface area contributed by atoms with Crippen molar-refractivity contribution in [1.29, 1.82) is 0 Å². The van der Waals surface area contributed by atoms with Crippen LogP contribution in [0.2, 0.25) is 0 Å². The van der Waals surface area contributed by atoms with E-state index in [1.807, 2.05) is 0 Å². The first-order valence-corrected chi connectivity index (χ1v) is 6.50. The van der Waals surface area contributed by atoms with Gasteiger partial charge in [0.05, 0.1) is 0 Å². The quantitative estimate of drug-likeness (QED) is 0.725. The van der Waals surface area contributed by atoms with Gasteiger partial charge < -0.3 is 10.6 Å². The first-order valence-electron chi connectivity index (χ1n) is 5.35. The lowest BCUT2D eigenvalue weighted by molar-refractivity contribution is 0.126. The summed E-state index contributed by atoms with van der Waals surface area (Å²) < 4.78 is 0. The highest BCUT2D eigenvalue weighted by Gasteiger charge is 2.36. The van der Waals surface area contributed by atoms with E-state index in [2.05, 4.69) is 16.7 Å². The summed E-state index contributed by atoms with van der Waals surface area (Å²) in [5, 5.41) is 0. The molecule has 2 aliphatic heterocycles. The first-order chi connectivity index (χ1) is 6.35. The summed E-state index contributed by atoms with van der Waals surface area (Å²) in [6.07, 6.45) is 4.30. The van der Waals surface area contributed by atoms with Crippen LogP contribution in [-0.2, 0) is 0 Å². The van der Waals surface area contributed by atoms with Gasteiger partial charge in [-0.2, -0.15) is 11.8 Å². The normalized spacial score (nSPS) is 28.4. The number of nitrogens with zero attached hydrogens (tertiary/aromatic N) is 1. The molecule has 0 aromatic rings. The van der Waals surface area contributed by atoms with E-state index in [0.717, 1.165) is 18.5 Å². The van der Waals surface area contributed by atoms with Crippen molar-refractivity contribution in [2.24, 2.45) is 11.1 Å². The zero-order valence-corrected chi connectivity index (χ0v) is 9.11. The maximum absolute atomic E-state index is 5.56. The lowest BCUT2D eigenvalue weighted by atomic mass is 9.78. The number of hydrogen-bond acceptors (Lipinski definition) is 3. The monoisotopic (exact) mass is 200 g/mol. The number of rotatable bonds is 2. The molecule has 0 unspecified atom stereocenters. The summed E-state index contributed by atoms with van der Waals surface area (Å²) >= 11 is 2.15. The summed E-state index contributed by atoms with van der Waals surface area (Å²) in [4.78, 5) is 2.52. The van der Waals surface area contributed by atoms with Crippen LogP contribution in [0.1, 0.15) is 19.3 Å². The average Bonchev–Trinajstić information content (AvgIpc) is 2.59. The van der Waals surface area contributed by atoms with Crippen LogP contribution in [0.15, 0.2) is 0 Å². The number of nitrogens with two attached hydrogens (primary N) is 1. The molecule has 0 aliphatic carbocycles. The van der Waals surface area contributed by atoms with Crippen LogP contribution in [0.4, 0.5) is 0 Å². The van der Waals surface area contributed by atoms with Crippen molar-refractivity contribution in [2.45, 2.75) is 19.3 Å². The molecule has 2 heterocycles. The SMILES string of the molecule is NCCN1CCC2(CCSC2)CC1. The Labute approximate surface area is 85.2 Å². The second kappa shape index (κ2) is 4.20. The Morgan fingerprint density at radius 3 is 2.54 bits per heavy atom. The van der Waals surface area contributed by atoms with E-state index in [1.165, 1.54) is 43.9 Å². The summed E-state index contributed by atoms with van der Waals surface area (Å²) in [6, 6.07) is 0. The molecule has 0 aromatic carbocycles. The van der Waals surface area contributed by atoms with Crippen molar-refractivity contribution < 1.29 is 0 Å². The Hall–Kier alpha value is 0.270. The van der Waals surface area contributed by atoms with Gasteiger partial charge >= 0.3 is 0 Å². The number of piperidine rings is 1. The van der Waals surface area contributed by atoms with Crippen LogP contribution >= 0.6 is 11.8 Å². The highest BCUT2D eigenvalue weighted by Crippen LogP contribution is 2.43. The minimum absolute atomic E-state index is 0.732. The fraction of sp³-hybridized carbons (Fsp3) is 1.00. The summed E-state index contributed by atoms with van der Waals surface area (Å²) in [7, 11) is 0. The van der Waals surface area contributed by atoms with Gasteiger partial charge in [0.25, 0.3) is 0 Å². The standard InChI is InChI=1S/C10H20N2S/c11-4-7-12-5-1-10(2-6-12)3-8-13-9-10/h1-9,11H2. The molecule has 2 saturated heterocycles. The molecule has 2 nitrogen and oxygen atoms in total. The predicted octanol–water partition coefficient (Wildman–Crippen LogP) is 1.16. The van der Waals surface area contributed by atoms with E-state index in [9.17, 15) is 0 Å². The van der Waals surface area contributed by atoms with Gasteiger partial charge in [0, 0.05) is 13.1 Å². The fourth-order valence-electron chi connectivity index (χ4n) is 2.48. The smallest absolute Gasteiger partial charge is 0.0105 e. The van der Waals surface area contributed by atoms with E-state index in [-0.39, 0.29) is 0 Å². The maximum atomic E-state index is 5.56. The molecular weight excluding hydrogens is 180 g/mol. The Balaban J connectivity index is 1.81. The summed E-state index contributed by atoms with van der Waals surface area (Å²) in [5.74, 6) is 2.82. The van der Waals surface area contributed by atoms with Crippen LogP contribution in [0.5, 0.6) is 0 Å². The second-order valence-electron chi connectivity index (χ2n) is 4.43. The van der Waals surface area contributed by atoms with Gasteiger partial charge in [-0.25, -0.2) is 0 Å². The largest absolute Gasteiger partial charge is 0.329 e. The Bertz CT molecular complexity index is 156. The van der Waals surface area contributed by atoms with Crippen LogP contribution in [0.25, 0.3) is 0 Å². The van der Waals surface area contributed by atoms with E-state index >= 15 is 0 Å². The van der Waals surface area contributed by atoms with Gasteiger partial charge in [-0.15, -0.1) is 0 Å². The number of thioether (sulfide) groups is 1. The highest BCUT2D eigenvalue weighted by molar-refractivity contribution is 7.99. The molecule has 2 rings (SSSR count). The van der Waals surface area contributed by atoms with E-state index < -0.39 is 0 Å². The van der Waals surface area contributed by atoms with Gasteiger partial charge in [-0.05, 0) is 49.3 Å². The molecule has 0 bridgehead atoms. The third-order valence-corrected chi connectivity index (χ3v) is 4.86. The average molecular weight is 200 g/mol. The van der Waals surface area contributed by atoms with Gasteiger partial charge in [-0.3, -0.25) is 0 Å². The molecule has 1 spiro atoms.